The highest BCUT2D eigenvalue weighted by molar-refractivity contribution is 5.79. The molecule has 7 heteroatoms. The molecule has 176 valence electrons. The number of halogens is 2. The average Bonchev–Trinajstić information content (AvgIpc) is 3.27. The van der Waals surface area contributed by atoms with E-state index in [0.717, 1.165) is 52.0 Å². The van der Waals surface area contributed by atoms with Crippen molar-refractivity contribution < 1.29 is 18.7 Å². The van der Waals surface area contributed by atoms with Crippen LogP contribution in [0, 0.1) is 0 Å². The zero-order valence-electron chi connectivity index (χ0n) is 19.1. The summed E-state index contributed by atoms with van der Waals surface area (Å²) in [5.41, 5.74) is 7.01. The Morgan fingerprint density at radius 3 is 2.62 bits per heavy atom. The molecule has 1 aromatic heterocycles. The number of hydrogen-bond acceptors (Lipinski definition) is 2. The lowest BCUT2D eigenvalue weighted by Gasteiger charge is -2.37. The van der Waals surface area contributed by atoms with Crippen LogP contribution in [-0.2, 0) is 26.4 Å². The zero-order valence-corrected chi connectivity index (χ0v) is 19.1. The number of amides is 1. The molecule has 0 saturated carbocycles. The Hall–Kier alpha value is -3.61. The number of aryl methyl sites for hydroxylation is 2. The molecular formula is C27H27F2N3O2. The van der Waals surface area contributed by atoms with Gasteiger partial charge in [0.1, 0.15) is 0 Å². The monoisotopic (exact) mass is 463 g/mol. The van der Waals surface area contributed by atoms with Crippen molar-refractivity contribution in [1.82, 2.24) is 9.47 Å². The zero-order chi connectivity index (χ0) is 24.0. The third kappa shape index (κ3) is 3.85. The van der Waals surface area contributed by atoms with Crippen molar-refractivity contribution in [2.45, 2.75) is 32.2 Å². The first-order valence-electron chi connectivity index (χ1n) is 11.5. The third-order valence-electron chi connectivity index (χ3n) is 6.89. The van der Waals surface area contributed by atoms with Gasteiger partial charge >= 0.3 is 6.09 Å². The number of alkyl halides is 2. The highest BCUT2D eigenvalue weighted by atomic mass is 19.3. The van der Waals surface area contributed by atoms with Gasteiger partial charge in [0, 0.05) is 49.5 Å². The number of benzene rings is 2. The Morgan fingerprint density at radius 1 is 1.12 bits per heavy atom. The molecule has 0 fully saturated rings. The standard InChI is InChI=1S/C27H27F2N3O2/c1-3-17-11-18-7-10-31(27(33)34)16-23(18)25(12-17)32-8-4-5-19-13-21(20-6-9-30(2)15-20)22(26(28)29)14-24(19)32/h3,6,9,11-15,26H,1,4-5,7-8,10,16H2,2H3,(H,33,34). The Kier molecular flexibility index (Phi) is 5.63. The number of nitrogens with zero attached hydrogens (tertiary/aromatic N) is 3. The van der Waals surface area contributed by atoms with Crippen LogP contribution in [0.5, 0.6) is 0 Å². The minimum Gasteiger partial charge on any atom is -0.465 e. The molecule has 3 heterocycles. The molecule has 0 atom stereocenters. The van der Waals surface area contributed by atoms with Crippen LogP contribution in [0.1, 0.15) is 40.7 Å². The van der Waals surface area contributed by atoms with E-state index in [0.29, 0.717) is 25.1 Å². The van der Waals surface area contributed by atoms with E-state index >= 15 is 0 Å². The minimum absolute atomic E-state index is 0.0118. The van der Waals surface area contributed by atoms with E-state index in [2.05, 4.69) is 17.5 Å². The Bertz CT molecular complexity index is 1280. The fourth-order valence-electron chi connectivity index (χ4n) is 5.18. The second-order valence-corrected chi connectivity index (χ2v) is 9.03. The summed E-state index contributed by atoms with van der Waals surface area (Å²) in [4.78, 5) is 15.2. The smallest absolute Gasteiger partial charge is 0.407 e. The molecule has 0 bridgehead atoms. The van der Waals surface area contributed by atoms with Crippen LogP contribution in [-0.4, -0.2) is 33.8 Å². The summed E-state index contributed by atoms with van der Waals surface area (Å²) in [5.74, 6) is 0. The second-order valence-electron chi connectivity index (χ2n) is 9.03. The van der Waals surface area contributed by atoms with Crippen LogP contribution in [0.25, 0.3) is 17.2 Å². The molecule has 0 unspecified atom stereocenters. The first-order valence-corrected chi connectivity index (χ1v) is 11.5. The summed E-state index contributed by atoms with van der Waals surface area (Å²) >= 11 is 0. The second kappa shape index (κ2) is 8.63. The van der Waals surface area contributed by atoms with Gasteiger partial charge in [-0.3, -0.25) is 0 Å². The van der Waals surface area contributed by atoms with Crippen LogP contribution in [0.2, 0.25) is 0 Å². The highest BCUT2D eigenvalue weighted by Crippen LogP contribution is 2.43. The minimum atomic E-state index is -2.61. The Labute approximate surface area is 197 Å². The number of fused-ring (bicyclic) bond motifs is 2. The maximum Gasteiger partial charge on any atom is 0.407 e. The summed E-state index contributed by atoms with van der Waals surface area (Å²) in [6.45, 7) is 5.32. The Balaban J connectivity index is 1.66. The van der Waals surface area contributed by atoms with E-state index in [1.807, 2.05) is 42.2 Å². The van der Waals surface area contributed by atoms with Crippen molar-refractivity contribution in [2.75, 3.05) is 18.0 Å². The van der Waals surface area contributed by atoms with Crippen molar-refractivity contribution in [3.05, 3.63) is 77.1 Å². The van der Waals surface area contributed by atoms with Crippen LogP contribution in [0.15, 0.2) is 49.3 Å². The van der Waals surface area contributed by atoms with E-state index in [4.69, 9.17) is 0 Å². The van der Waals surface area contributed by atoms with Crippen LogP contribution in [0.3, 0.4) is 0 Å². The lowest BCUT2D eigenvalue weighted by molar-refractivity contribution is 0.140. The molecule has 1 N–H and O–H groups in total. The first-order chi connectivity index (χ1) is 16.4. The van der Waals surface area contributed by atoms with Crippen LogP contribution in [0.4, 0.5) is 25.0 Å². The number of hydrogen-bond donors (Lipinski definition) is 1. The summed E-state index contributed by atoms with van der Waals surface area (Å²) in [7, 11) is 1.88. The lowest BCUT2D eigenvalue weighted by atomic mass is 9.90. The molecule has 3 aromatic rings. The van der Waals surface area contributed by atoms with E-state index in [1.165, 1.54) is 4.90 Å². The van der Waals surface area contributed by atoms with Gasteiger partial charge in [0.15, 0.2) is 0 Å². The molecule has 0 aliphatic carbocycles. The number of carbonyl (C=O) groups is 1. The van der Waals surface area contributed by atoms with E-state index < -0.39 is 12.5 Å². The molecule has 0 saturated heterocycles. The fraction of sp³-hybridized carbons (Fsp3) is 0.296. The summed E-state index contributed by atoms with van der Waals surface area (Å²) in [6.07, 6.45) is 4.24. The number of anilines is 2. The number of carboxylic acid groups (broad SMARTS) is 1. The molecule has 1 amide bonds. The predicted molar refractivity (Wildman–Crippen MR) is 130 cm³/mol. The first kappa shape index (κ1) is 22.2. The normalized spacial score (nSPS) is 15.3. The largest absolute Gasteiger partial charge is 0.465 e. The quantitative estimate of drug-likeness (QED) is 0.488. The topological polar surface area (TPSA) is 48.7 Å². The molecule has 2 aromatic carbocycles. The summed E-state index contributed by atoms with van der Waals surface area (Å²) in [5, 5.41) is 9.57. The van der Waals surface area contributed by atoms with Gasteiger partial charge in [-0.1, -0.05) is 18.7 Å². The maximum absolute atomic E-state index is 14.2. The van der Waals surface area contributed by atoms with E-state index in [-0.39, 0.29) is 12.1 Å². The van der Waals surface area contributed by atoms with E-state index in [9.17, 15) is 18.7 Å². The van der Waals surface area contributed by atoms with Gasteiger partial charge in [-0.25, -0.2) is 13.6 Å². The van der Waals surface area contributed by atoms with Crippen molar-refractivity contribution in [1.29, 1.82) is 0 Å². The fourth-order valence-corrected chi connectivity index (χ4v) is 5.18. The predicted octanol–water partition coefficient (Wildman–Crippen LogP) is 6.39. The molecule has 0 spiro atoms. The SMILES string of the molecule is C=Cc1cc2c(c(N3CCCc4cc(-c5ccn(C)c5)c(C(F)F)cc43)c1)CN(C(=O)O)CC2. The molecule has 2 aliphatic rings. The Morgan fingerprint density at radius 2 is 1.94 bits per heavy atom. The van der Waals surface area contributed by atoms with Crippen molar-refractivity contribution in [3.8, 4) is 11.1 Å². The third-order valence-corrected chi connectivity index (χ3v) is 6.89. The number of rotatable bonds is 4. The molecule has 2 aliphatic heterocycles. The van der Waals surface area contributed by atoms with E-state index in [1.54, 1.807) is 12.1 Å². The molecule has 5 nitrogen and oxygen atoms in total. The van der Waals surface area contributed by atoms with Gasteiger partial charge in [0.2, 0.25) is 0 Å². The molecule has 0 radical (unpaired) electrons. The van der Waals surface area contributed by atoms with Gasteiger partial charge in [-0.15, -0.1) is 0 Å². The van der Waals surface area contributed by atoms with Gasteiger partial charge in [-0.2, -0.15) is 0 Å². The van der Waals surface area contributed by atoms with Crippen LogP contribution >= 0.6 is 0 Å². The molecular weight excluding hydrogens is 436 g/mol. The van der Waals surface area contributed by atoms with Crippen molar-refractivity contribution >= 4 is 23.5 Å². The van der Waals surface area contributed by atoms with Gasteiger partial charge in [0.25, 0.3) is 6.43 Å². The van der Waals surface area contributed by atoms with Crippen LogP contribution < -0.4 is 4.90 Å². The summed E-state index contributed by atoms with van der Waals surface area (Å²) in [6, 6.07) is 9.45. The molecule has 34 heavy (non-hydrogen) atoms. The van der Waals surface area contributed by atoms with Crippen molar-refractivity contribution in [2.24, 2.45) is 7.05 Å². The maximum atomic E-state index is 14.2. The molecule has 5 rings (SSSR count). The average molecular weight is 464 g/mol. The number of aromatic nitrogens is 1. The van der Waals surface area contributed by atoms with Gasteiger partial charge in [0.05, 0.1) is 6.54 Å². The summed E-state index contributed by atoms with van der Waals surface area (Å²) < 4.78 is 30.3. The van der Waals surface area contributed by atoms with Gasteiger partial charge < -0.3 is 19.5 Å². The van der Waals surface area contributed by atoms with Crippen molar-refractivity contribution in [3.63, 3.8) is 0 Å². The lowest BCUT2D eigenvalue weighted by Crippen LogP contribution is -2.36. The highest BCUT2D eigenvalue weighted by Gasteiger charge is 2.29. The van der Waals surface area contributed by atoms with Gasteiger partial charge in [-0.05, 0) is 76.9 Å².